The van der Waals surface area contributed by atoms with Gasteiger partial charge in [-0.3, -0.25) is 4.99 Å². The Balaban J connectivity index is 2.26. The lowest BCUT2D eigenvalue weighted by Crippen LogP contribution is -1.94. The third kappa shape index (κ3) is 2.11. The van der Waals surface area contributed by atoms with Crippen molar-refractivity contribution in [1.82, 2.24) is 0 Å². The third-order valence-corrected chi connectivity index (χ3v) is 2.49. The molecule has 0 fully saturated rings. The molecule has 2 rings (SSSR count). The second kappa shape index (κ2) is 4.23. The Morgan fingerprint density at radius 1 is 1.21 bits per heavy atom. The van der Waals surface area contributed by atoms with Gasteiger partial charge in [-0.15, -0.1) is 0 Å². The van der Waals surface area contributed by atoms with Gasteiger partial charge in [0.1, 0.15) is 0 Å². The first-order valence-electron chi connectivity index (χ1n) is 5.11. The van der Waals surface area contributed by atoms with Crippen molar-refractivity contribution < 1.29 is 0 Å². The van der Waals surface area contributed by atoms with Crippen LogP contribution in [0.3, 0.4) is 0 Å². The normalized spacial score (nSPS) is 21.5. The number of benzene rings is 1. The third-order valence-electron chi connectivity index (χ3n) is 2.49. The summed E-state index contributed by atoms with van der Waals surface area (Å²) in [6.45, 7) is 3.19. The van der Waals surface area contributed by atoms with Gasteiger partial charge in [-0.1, -0.05) is 43.3 Å². The summed E-state index contributed by atoms with van der Waals surface area (Å²) in [4.78, 5) is 4.42. The number of aliphatic imine (C=N–C) groups is 1. The maximum Gasteiger partial charge on any atom is 0.0418 e. The van der Waals surface area contributed by atoms with Crippen molar-refractivity contribution in [3.05, 3.63) is 42.0 Å². The van der Waals surface area contributed by atoms with Gasteiger partial charge in [0, 0.05) is 12.8 Å². The van der Waals surface area contributed by atoms with Crippen LogP contribution in [0.5, 0.6) is 0 Å². The minimum Gasteiger partial charge on any atom is -0.292 e. The first-order chi connectivity index (χ1) is 6.86. The second-order valence-corrected chi connectivity index (χ2v) is 3.86. The maximum absolute atomic E-state index is 4.42. The fourth-order valence-electron chi connectivity index (χ4n) is 1.61. The van der Waals surface area contributed by atoms with E-state index in [-0.39, 0.29) is 0 Å². The predicted octanol–water partition coefficient (Wildman–Crippen LogP) is 3.18. The molecule has 0 spiro atoms. The molecule has 1 aliphatic heterocycles. The molecule has 1 aromatic carbocycles. The SMILES string of the molecule is C[C@H]1CC=C(c2ccccc2)C=NC1. The molecule has 0 saturated heterocycles. The van der Waals surface area contributed by atoms with Crippen LogP contribution in [0.1, 0.15) is 18.9 Å². The second-order valence-electron chi connectivity index (χ2n) is 3.86. The monoisotopic (exact) mass is 185 g/mol. The van der Waals surface area contributed by atoms with Gasteiger partial charge in [-0.25, -0.2) is 0 Å². The molecule has 0 amide bonds. The molecule has 72 valence electrons. The van der Waals surface area contributed by atoms with Crippen molar-refractivity contribution in [1.29, 1.82) is 0 Å². The Labute approximate surface area is 85.2 Å². The molecule has 0 aliphatic carbocycles. The van der Waals surface area contributed by atoms with Gasteiger partial charge < -0.3 is 0 Å². The lowest BCUT2D eigenvalue weighted by Gasteiger charge is -2.01. The number of hydrogen-bond donors (Lipinski definition) is 0. The van der Waals surface area contributed by atoms with Crippen LogP contribution in [0.15, 0.2) is 41.4 Å². The van der Waals surface area contributed by atoms with Crippen LogP contribution in [0.2, 0.25) is 0 Å². The van der Waals surface area contributed by atoms with Crippen molar-refractivity contribution in [3.8, 4) is 0 Å². The molecule has 1 heterocycles. The average molecular weight is 185 g/mol. The Bertz CT molecular complexity index is 349. The highest BCUT2D eigenvalue weighted by molar-refractivity contribution is 6.09. The zero-order valence-corrected chi connectivity index (χ0v) is 8.48. The Hall–Kier alpha value is -1.37. The maximum atomic E-state index is 4.42. The minimum absolute atomic E-state index is 0.674. The zero-order chi connectivity index (χ0) is 9.80. The fraction of sp³-hybridized carbons (Fsp3) is 0.308. The van der Waals surface area contributed by atoms with Gasteiger partial charge in [0.15, 0.2) is 0 Å². The molecular formula is C13H15N. The molecule has 1 aromatic rings. The van der Waals surface area contributed by atoms with E-state index in [1.165, 1.54) is 11.1 Å². The summed E-state index contributed by atoms with van der Waals surface area (Å²) in [5.41, 5.74) is 2.53. The summed E-state index contributed by atoms with van der Waals surface area (Å²) in [6.07, 6.45) is 5.42. The number of rotatable bonds is 1. The van der Waals surface area contributed by atoms with Gasteiger partial charge in [0.25, 0.3) is 0 Å². The smallest absolute Gasteiger partial charge is 0.0418 e. The van der Waals surface area contributed by atoms with Gasteiger partial charge in [0.2, 0.25) is 0 Å². The molecule has 14 heavy (non-hydrogen) atoms. The largest absolute Gasteiger partial charge is 0.292 e. The molecule has 1 atom stereocenters. The van der Waals surface area contributed by atoms with Crippen LogP contribution in [-0.2, 0) is 0 Å². The Morgan fingerprint density at radius 3 is 2.79 bits per heavy atom. The van der Waals surface area contributed by atoms with E-state index in [1.54, 1.807) is 0 Å². The van der Waals surface area contributed by atoms with E-state index in [0.29, 0.717) is 5.92 Å². The van der Waals surface area contributed by atoms with Gasteiger partial charge in [-0.2, -0.15) is 0 Å². The molecule has 0 N–H and O–H groups in total. The van der Waals surface area contributed by atoms with Crippen molar-refractivity contribution in [3.63, 3.8) is 0 Å². The Kier molecular flexibility index (Phi) is 2.78. The highest BCUT2D eigenvalue weighted by Gasteiger charge is 2.05. The molecule has 0 unspecified atom stereocenters. The molecule has 0 bridgehead atoms. The van der Waals surface area contributed by atoms with Crippen molar-refractivity contribution in [2.45, 2.75) is 13.3 Å². The quantitative estimate of drug-likeness (QED) is 0.637. The standard InChI is InChI=1S/C13H15N/c1-11-7-8-13(10-14-9-11)12-5-3-2-4-6-12/h2-6,8,10-11H,7,9H2,1H3/t11-/m0/s1. The van der Waals surface area contributed by atoms with E-state index >= 15 is 0 Å². The fourth-order valence-corrected chi connectivity index (χ4v) is 1.61. The topological polar surface area (TPSA) is 12.4 Å². The number of hydrogen-bond acceptors (Lipinski definition) is 1. The first kappa shape index (κ1) is 9.20. The van der Waals surface area contributed by atoms with Crippen LogP contribution >= 0.6 is 0 Å². The Morgan fingerprint density at radius 2 is 2.00 bits per heavy atom. The van der Waals surface area contributed by atoms with Gasteiger partial charge in [0.05, 0.1) is 0 Å². The summed E-state index contributed by atoms with van der Waals surface area (Å²) in [7, 11) is 0. The molecular weight excluding hydrogens is 170 g/mol. The van der Waals surface area contributed by atoms with Gasteiger partial charge >= 0.3 is 0 Å². The summed E-state index contributed by atoms with van der Waals surface area (Å²) >= 11 is 0. The van der Waals surface area contributed by atoms with E-state index in [0.717, 1.165) is 13.0 Å². The molecule has 0 radical (unpaired) electrons. The molecule has 1 heteroatoms. The highest BCUT2D eigenvalue weighted by Crippen LogP contribution is 2.17. The van der Waals surface area contributed by atoms with Crippen molar-refractivity contribution in [2.24, 2.45) is 10.9 Å². The summed E-state index contributed by atoms with van der Waals surface area (Å²) in [5, 5.41) is 0. The van der Waals surface area contributed by atoms with Crippen LogP contribution in [-0.4, -0.2) is 12.8 Å². The van der Waals surface area contributed by atoms with E-state index in [9.17, 15) is 0 Å². The average Bonchev–Trinajstić information content (AvgIpc) is 2.44. The van der Waals surface area contributed by atoms with E-state index in [4.69, 9.17) is 0 Å². The van der Waals surface area contributed by atoms with E-state index in [1.807, 2.05) is 12.3 Å². The highest BCUT2D eigenvalue weighted by atomic mass is 14.7. The van der Waals surface area contributed by atoms with E-state index < -0.39 is 0 Å². The molecule has 0 aromatic heterocycles. The first-order valence-corrected chi connectivity index (χ1v) is 5.11. The van der Waals surface area contributed by atoms with Crippen LogP contribution in [0.4, 0.5) is 0 Å². The van der Waals surface area contributed by atoms with Gasteiger partial charge in [-0.05, 0) is 23.5 Å². The number of nitrogens with zero attached hydrogens (tertiary/aromatic N) is 1. The summed E-state index contributed by atoms with van der Waals surface area (Å²) in [5.74, 6) is 0.674. The van der Waals surface area contributed by atoms with Crippen LogP contribution in [0, 0.1) is 5.92 Å². The summed E-state index contributed by atoms with van der Waals surface area (Å²) < 4.78 is 0. The molecule has 0 saturated carbocycles. The lowest BCUT2D eigenvalue weighted by atomic mass is 10.0. The predicted molar refractivity (Wildman–Crippen MR) is 61.6 cm³/mol. The van der Waals surface area contributed by atoms with E-state index in [2.05, 4.69) is 42.3 Å². The van der Waals surface area contributed by atoms with Crippen molar-refractivity contribution in [2.75, 3.05) is 6.54 Å². The summed E-state index contributed by atoms with van der Waals surface area (Å²) in [6, 6.07) is 10.4. The number of allylic oxidation sites excluding steroid dienone is 2. The lowest BCUT2D eigenvalue weighted by molar-refractivity contribution is 0.612. The van der Waals surface area contributed by atoms with Crippen molar-refractivity contribution >= 4 is 11.8 Å². The van der Waals surface area contributed by atoms with Crippen LogP contribution in [0.25, 0.3) is 5.57 Å². The zero-order valence-electron chi connectivity index (χ0n) is 8.48. The molecule has 1 aliphatic rings. The van der Waals surface area contributed by atoms with Crippen LogP contribution < -0.4 is 0 Å². The molecule has 1 nitrogen and oxygen atoms in total. The minimum atomic E-state index is 0.674.